The molecule has 7 heteroatoms. The summed E-state index contributed by atoms with van der Waals surface area (Å²) in [5.74, 6) is 0. The van der Waals surface area contributed by atoms with Crippen LogP contribution in [0, 0.1) is 49.4 Å². The Morgan fingerprint density at radius 2 is 1.14 bits per heavy atom. The molecule has 43 valence electrons. The third-order valence-electron chi connectivity index (χ3n) is 0. The SMILES string of the molecule is O=P(O)(O)O.[Eu].[SrH2]. The van der Waals surface area contributed by atoms with Gasteiger partial charge in [-0.1, -0.05) is 0 Å². The summed E-state index contributed by atoms with van der Waals surface area (Å²) in [5.41, 5.74) is 0. The Morgan fingerprint density at radius 1 is 1.14 bits per heavy atom. The van der Waals surface area contributed by atoms with Crippen molar-refractivity contribution in [2.24, 2.45) is 0 Å². The zero-order valence-corrected chi connectivity index (χ0v) is 5.89. The van der Waals surface area contributed by atoms with Crippen molar-refractivity contribution in [2.45, 2.75) is 0 Å². The Hall–Kier alpha value is 3.17. The van der Waals surface area contributed by atoms with Gasteiger partial charge in [0.25, 0.3) is 0 Å². The molecule has 0 aliphatic carbocycles. The normalized spacial score (nSPS) is 8.43. The van der Waals surface area contributed by atoms with Crippen molar-refractivity contribution in [3.63, 3.8) is 0 Å². The summed E-state index contributed by atoms with van der Waals surface area (Å²) in [4.78, 5) is 21.6. The van der Waals surface area contributed by atoms with Crippen molar-refractivity contribution in [1.29, 1.82) is 0 Å². The molecule has 1 radical (unpaired) electrons. The standard InChI is InChI=1S/Eu.H3O4P.Sr.2H/c;1-5(2,3)4;;;/h;(H3,1,2,3,4);;;. The van der Waals surface area contributed by atoms with Gasteiger partial charge in [0.1, 0.15) is 0 Å². The molecular weight excluding hydrogens is 335 g/mol. The van der Waals surface area contributed by atoms with E-state index in [9.17, 15) is 0 Å². The summed E-state index contributed by atoms with van der Waals surface area (Å²) in [6.45, 7) is 0. The Morgan fingerprint density at radius 3 is 1.14 bits per heavy atom. The molecule has 0 aliphatic heterocycles. The van der Waals surface area contributed by atoms with Gasteiger partial charge in [0.15, 0.2) is 0 Å². The summed E-state index contributed by atoms with van der Waals surface area (Å²) < 4.78 is 8.88. The maximum absolute atomic E-state index is 8.88. The average Bonchev–Trinajstić information content (AvgIpc) is 0.722. The molecule has 0 unspecified atom stereocenters. The molecule has 0 spiro atoms. The summed E-state index contributed by atoms with van der Waals surface area (Å²) >= 11 is 0. The van der Waals surface area contributed by atoms with Crippen molar-refractivity contribution < 1.29 is 68.6 Å². The Labute approximate surface area is 119 Å². The average molecular weight is 340 g/mol. The monoisotopic (exact) mass is 341 g/mol. The van der Waals surface area contributed by atoms with Crippen LogP contribution in [-0.2, 0) is 4.57 Å². The van der Waals surface area contributed by atoms with Crippen LogP contribution in [0.25, 0.3) is 0 Å². The van der Waals surface area contributed by atoms with Gasteiger partial charge in [-0.2, -0.15) is 0 Å². The van der Waals surface area contributed by atoms with Crippen molar-refractivity contribution in [1.82, 2.24) is 0 Å². The van der Waals surface area contributed by atoms with E-state index in [2.05, 4.69) is 0 Å². The van der Waals surface area contributed by atoms with Gasteiger partial charge in [0.2, 0.25) is 0 Å². The van der Waals surface area contributed by atoms with Crippen LogP contribution in [0.3, 0.4) is 0 Å². The maximum atomic E-state index is 8.88. The topological polar surface area (TPSA) is 77.8 Å². The van der Waals surface area contributed by atoms with Gasteiger partial charge < -0.3 is 14.7 Å². The minimum atomic E-state index is -4.64. The van der Waals surface area contributed by atoms with E-state index in [0.29, 0.717) is 0 Å². The van der Waals surface area contributed by atoms with Gasteiger partial charge in [-0.15, -0.1) is 0 Å². The predicted molar refractivity (Wildman–Crippen MR) is 22.8 cm³/mol. The minimum absolute atomic E-state index is 0. The van der Waals surface area contributed by atoms with Crippen molar-refractivity contribution in [3.05, 3.63) is 0 Å². The molecule has 4 nitrogen and oxygen atoms in total. The number of rotatable bonds is 0. The van der Waals surface area contributed by atoms with E-state index >= 15 is 0 Å². The van der Waals surface area contributed by atoms with Crippen LogP contribution in [-0.4, -0.2) is 60.2 Å². The van der Waals surface area contributed by atoms with Crippen LogP contribution in [0.1, 0.15) is 0 Å². The molecule has 0 aromatic heterocycles. The van der Waals surface area contributed by atoms with Crippen LogP contribution in [0.15, 0.2) is 0 Å². The molecule has 0 aliphatic rings. The molecule has 0 bridgehead atoms. The molecule has 0 rings (SSSR count). The van der Waals surface area contributed by atoms with Gasteiger partial charge in [0.05, 0.1) is 0 Å². The Balaban J connectivity index is -0.0000000800. The second-order valence-corrected chi connectivity index (χ2v) is 1.54. The van der Waals surface area contributed by atoms with Crippen LogP contribution >= 0.6 is 7.82 Å². The van der Waals surface area contributed by atoms with E-state index < -0.39 is 7.82 Å². The first-order valence-electron chi connectivity index (χ1n) is 0.783. The van der Waals surface area contributed by atoms with Gasteiger partial charge in [-0.05, 0) is 0 Å². The van der Waals surface area contributed by atoms with Gasteiger partial charge in [0, 0.05) is 49.4 Å². The molecule has 0 aromatic carbocycles. The molecule has 0 aromatic rings. The molecule has 0 fully saturated rings. The van der Waals surface area contributed by atoms with Crippen LogP contribution in [0.5, 0.6) is 0 Å². The summed E-state index contributed by atoms with van der Waals surface area (Å²) in [6, 6.07) is 0. The molecule has 0 atom stereocenters. The quantitative estimate of drug-likeness (QED) is 0.358. The van der Waals surface area contributed by atoms with Gasteiger partial charge >= 0.3 is 53.3 Å². The molecule has 0 amide bonds. The van der Waals surface area contributed by atoms with Gasteiger partial charge in [-0.25, -0.2) is 4.57 Å². The number of hydrogen-bond acceptors (Lipinski definition) is 1. The molecule has 0 heterocycles. The van der Waals surface area contributed by atoms with E-state index in [4.69, 9.17) is 19.2 Å². The molecular formula is H5EuO4PSr. The fourth-order valence-electron chi connectivity index (χ4n) is 0. The molecule has 0 saturated heterocycles. The van der Waals surface area contributed by atoms with Crippen LogP contribution in [0.4, 0.5) is 0 Å². The van der Waals surface area contributed by atoms with Gasteiger partial charge in [-0.3, -0.25) is 0 Å². The second-order valence-electron chi connectivity index (χ2n) is 0.513. The first-order valence-corrected chi connectivity index (χ1v) is 2.35. The van der Waals surface area contributed by atoms with E-state index in [1.807, 2.05) is 0 Å². The summed E-state index contributed by atoms with van der Waals surface area (Å²) in [6.07, 6.45) is 0. The van der Waals surface area contributed by atoms with E-state index in [-0.39, 0.29) is 94.9 Å². The third kappa shape index (κ3) is 46.9. The number of phosphoric acid groups is 1. The second kappa shape index (κ2) is 7.28. The van der Waals surface area contributed by atoms with E-state index in [0.717, 1.165) is 0 Å². The molecule has 0 saturated carbocycles. The predicted octanol–water partition coefficient (Wildman–Crippen LogP) is -1.84. The summed E-state index contributed by atoms with van der Waals surface area (Å²) in [7, 11) is -4.64. The zero-order chi connectivity index (χ0) is 4.50. The molecule has 3 N–H and O–H groups in total. The van der Waals surface area contributed by atoms with Crippen LogP contribution < -0.4 is 0 Å². The number of hydrogen-bond donors (Lipinski definition) is 3. The fourth-order valence-corrected chi connectivity index (χ4v) is 0. The zero-order valence-electron chi connectivity index (χ0n) is 2.58. The first-order chi connectivity index (χ1) is 2.00. The van der Waals surface area contributed by atoms with Crippen molar-refractivity contribution >= 4 is 53.3 Å². The first kappa shape index (κ1) is 16.6. The van der Waals surface area contributed by atoms with Crippen LogP contribution in [0.2, 0.25) is 0 Å². The summed E-state index contributed by atoms with van der Waals surface area (Å²) in [5, 5.41) is 0. The Kier molecular flexibility index (Phi) is 17.3. The van der Waals surface area contributed by atoms with Crippen molar-refractivity contribution in [2.75, 3.05) is 0 Å². The fraction of sp³-hybridized carbons (Fsp3) is 0. The Bertz CT molecular complexity index is 57.8. The third-order valence-corrected chi connectivity index (χ3v) is 0. The van der Waals surface area contributed by atoms with E-state index in [1.165, 1.54) is 0 Å². The molecule has 7 heavy (non-hydrogen) atoms. The van der Waals surface area contributed by atoms with Crippen molar-refractivity contribution in [3.8, 4) is 0 Å². The van der Waals surface area contributed by atoms with E-state index in [1.54, 1.807) is 0 Å².